The average Bonchev–Trinajstić information content (AvgIpc) is 2.47. The zero-order valence-electron chi connectivity index (χ0n) is 11.6. The van der Waals surface area contributed by atoms with Crippen molar-refractivity contribution in [3.05, 3.63) is 35.9 Å². The summed E-state index contributed by atoms with van der Waals surface area (Å²) in [6, 6.07) is 9.82. The second-order valence-electron chi connectivity index (χ2n) is 5.16. The van der Waals surface area contributed by atoms with Gasteiger partial charge in [-0.25, -0.2) is 4.79 Å². The number of aliphatic hydroxyl groups is 1. The fourth-order valence-electron chi connectivity index (χ4n) is 2.35. The molecule has 1 aliphatic heterocycles. The van der Waals surface area contributed by atoms with Crippen LogP contribution in [0.25, 0.3) is 0 Å². The quantitative estimate of drug-likeness (QED) is 0.597. The van der Waals surface area contributed by atoms with E-state index in [0.717, 1.165) is 19.4 Å². The van der Waals surface area contributed by atoms with E-state index in [2.05, 4.69) is 28.1 Å². The largest absolute Gasteiger partial charge is 0.391 e. The van der Waals surface area contributed by atoms with Crippen molar-refractivity contribution in [3.63, 3.8) is 0 Å². The maximum absolute atomic E-state index is 11.7. The Morgan fingerprint density at radius 1 is 1.35 bits per heavy atom. The molecule has 1 heterocycles. The predicted molar refractivity (Wildman–Crippen MR) is 78.6 cm³/mol. The summed E-state index contributed by atoms with van der Waals surface area (Å²) >= 11 is 0. The Kier molecular flexibility index (Phi) is 5.83. The number of carbonyl (C=O) groups excluding carboxylic acids is 1. The third kappa shape index (κ3) is 4.83. The Bertz CT molecular complexity index is 411. The second kappa shape index (κ2) is 7.87. The summed E-state index contributed by atoms with van der Waals surface area (Å²) in [5.74, 6) is 0. The van der Waals surface area contributed by atoms with Crippen molar-refractivity contribution in [2.24, 2.45) is 0 Å². The molecular formula is C15H23N3O2. The topological polar surface area (TPSA) is 73.4 Å². The van der Waals surface area contributed by atoms with E-state index in [1.807, 2.05) is 18.2 Å². The summed E-state index contributed by atoms with van der Waals surface area (Å²) in [6.45, 7) is 2.06. The molecule has 2 atom stereocenters. The van der Waals surface area contributed by atoms with Gasteiger partial charge in [0.15, 0.2) is 0 Å². The van der Waals surface area contributed by atoms with Gasteiger partial charge in [-0.05, 0) is 31.4 Å². The van der Waals surface area contributed by atoms with Crippen LogP contribution in [0.15, 0.2) is 30.3 Å². The van der Waals surface area contributed by atoms with E-state index in [-0.39, 0.29) is 12.1 Å². The Balaban J connectivity index is 1.60. The van der Waals surface area contributed by atoms with E-state index >= 15 is 0 Å². The molecule has 0 aromatic heterocycles. The summed E-state index contributed by atoms with van der Waals surface area (Å²) in [7, 11) is 0. The van der Waals surface area contributed by atoms with E-state index in [9.17, 15) is 9.90 Å². The maximum atomic E-state index is 11.7. The Morgan fingerprint density at radius 2 is 2.15 bits per heavy atom. The average molecular weight is 277 g/mol. The van der Waals surface area contributed by atoms with E-state index in [1.165, 1.54) is 5.56 Å². The molecule has 2 rings (SSSR count). The number of benzene rings is 1. The molecule has 5 heteroatoms. The number of aliphatic hydroxyl groups excluding tert-OH is 1. The summed E-state index contributed by atoms with van der Waals surface area (Å²) in [6.07, 6.45) is 2.09. The van der Waals surface area contributed by atoms with Gasteiger partial charge in [-0.15, -0.1) is 0 Å². The van der Waals surface area contributed by atoms with E-state index in [1.54, 1.807) is 0 Å². The standard InChI is InChI=1S/C15H23N3O2/c19-14-8-10-16-11-13(14)18-15(20)17-9-4-7-12-5-2-1-3-6-12/h1-3,5-6,13-14,16,19H,4,7-11H2,(H2,17,18,20)/t13-,14+/m0/s1. The molecule has 4 N–H and O–H groups in total. The van der Waals surface area contributed by atoms with Crippen LogP contribution in [-0.2, 0) is 6.42 Å². The Morgan fingerprint density at radius 3 is 2.90 bits per heavy atom. The molecule has 0 aliphatic carbocycles. The molecule has 0 saturated carbocycles. The number of hydrogen-bond acceptors (Lipinski definition) is 3. The lowest BCUT2D eigenvalue weighted by atomic mass is 10.0. The van der Waals surface area contributed by atoms with Crippen LogP contribution in [0.3, 0.4) is 0 Å². The molecule has 20 heavy (non-hydrogen) atoms. The van der Waals surface area contributed by atoms with Crippen LogP contribution < -0.4 is 16.0 Å². The lowest BCUT2D eigenvalue weighted by Crippen LogP contribution is -2.55. The molecule has 0 unspecified atom stereocenters. The minimum Gasteiger partial charge on any atom is -0.391 e. The van der Waals surface area contributed by atoms with Crippen molar-refractivity contribution >= 4 is 6.03 Å². The van der Waals surface area contributed by atoms with Gasteiger partial charge in [0.2, 0.25) is 0 Å². The van der Waals surface area contributed by atoms with Crippen LogP contribution in [-0.4, -0.2) is 42.9 Å². The van der Waals surface area contributed by atoms with E-state index in [0.29, 0.717) is 19.5 Å². The van der Waals surface area contributed by atoms with Gasteiger partial charge >= 0.3 is 6.03 Å². The molecule has 1 aromatic carbocycles. The van der Waals surface area contributed by atoms with Crippen molar-refractivity contribution in [1.29, 1.82) is 0 Å². The molecule has 0 spiro atoms. The van der Waals surface area contributed by atoms with Gasteiger partial charge in [-0.3, -0.25) is 0 Å². The lowest BCUT2D eigenvalue weighted by Gasteiger charge is -2.29. The summed E-state index contributed by atoms with van der Waals surface area (Å²) in [5.41, 5.74) is 1.28. The molecule has 5 nitrogen and oxygen atoms in total. The highest BCUT2D eigenvalue weighted by atomic mass is 16.3. The fourth-order valence-corrected chi connectivity index (χ4v) is 2.35. The molecule has 110 valence electrons. The first-order valence-electron chi connectivity index (χ1n) is 7.23. The third-order valence-electron chi connectivity index (χ3n) is 3.53. The minimum atomic E-state index is -0.452. The number of amides is 2. The van der Waals surface area contributed by atoms with Crippen molar-refractivity contribution in [3.8, 4) is 0 Å². The zero-order chi connectivity index (χ0) is 14.2. The van der Waals surface area contributed by atoms with Crippen molar-refractivity contribution < 1.29 is 9.90 Å². The molecule has 2 amide bonds. The molecular weight excluding hydrogens is 254 g/mol. The van der Waals surface area contributed by atoms with Gasteiger partial charge < -0.3 is 21.1 Å². The van der Waals surface area contributed by atoms with E-state index < -0.39 is 6.10 Å². The molecule has 0 radical (unpaired) electrons. The number of nitrogens with one attached hydrogen (secondary N) is 3. The van der Waals surface area contributed by atoms with Gasteiger partial charge in [0, 0.05) is 13.1 Å². The molecule has 1 aromatic rings. The van der Waals surface area contributed by atoms with Crippen LogP contribution >= 0.6 is 0 Å². The second-order valence-corrected chi connectivity index (χ2v) is 5.16. The normalized spacial score (nSPS) is 22.2. The zero-order valence-corrected chi connectivity index (χ0v) is 11.6. The molecule has 1 saturated heterocycles. The molecule has 1 aliphatic rings. The van der Waals surface area contributed by atoms with Crippen LogP contribution in [0.1, 0.15) is 18.4 Å². The highest BCUT2D eigenvalue weighted by Gasteiger charge is 2.23. The molecule has 1 fully saturated rings. The number of piperidine rings is 1. The maximum Gasteiger partial charge on any atom is 0.315 e. The lowest BCUT2D eigenvalue weighted by molar-refractivity contribution is 0.102. The first-order valence-corrected chi connectivity index (χ1v) is 7.23. The van der Waals surface area contributed by atoms with Crippen molar-refractivity contribution in [2.45, 2.75) is 31.4 Å². The predicted octanol–water partition coefficient (Wildman–Crippen LogP) is 0.641. The Hall–Kier alpha value is -1.59. The highest BCUT2D eigenvalue weighted by molar-refractivity contribution is 5.74. The fraction of sp³-hybridized carbons (Fsp3) is 0.533. The summed E-state index contributed by atoms with van der Waals surface area (Å²) in [4.78, 5) is 11.7. The van der Waals surface area contributed by atoms with Gasteiger partial charge in [-0.1, -0.05) is 30.3 Å². The number of aryl methyl sites for hydroxylation is 1. The summed E-state index contributed by atoms with van der Waals surface area (Å²) < 4.78 is 0. The minimum absolute atomic E-state index is 0.196. The first kappa shape index (κ1) is 14.8. The van der Waals surface area contributed by atoms with Crippen molar-refractivity contribution in [1.82, 2.24) is 16.0 Å². The van der Waals surface area contributed by atoms with Gasteiger partial charge in [-0.2, -0.15) is 0 Å². The number of rotatable bonds is 5. The van der Waals surface area contributed by atoms with Crippen LogP contribution in [0.2, 0.25) is 0 Å². The monoisotopic (exact) mass is 277 g/mol. The van der Waals surface area contributed by atoms with Crippen LogP contribution in [0.5, 0.6) is 0 Å². The summed E-state index contributed by atoms with van der Waals surface area (Å²) in [5, 5.41) is 18.5. The third-order valence-corrected chi connectivity index (χ3v) is 3.53. The van der Waals surface area contributed by atoms with Crippen LogP contribution in [0.4, 0.5) is 4.79 Å². The van der Waals surface area contributed by atoms with Gasteiger partial charge in [0.05, 0.1) is 12.1 Å². The van der Waals surface area contributed by atoms with Crippen molar-refractivity contribution in [2.75, 3.05) is 19.6 Å². The molecule has 0 bridgehead atoms. The van der Waals surface area contributed by atoms with Crippen LogP contribution in [0, 0.1) is 0 Å². The first-order chi connectivity index (χ1) is 9.75. The number of urea groups is 1. The SMILES string of the molecule is O=C(NCCCc1ccccc1)N[C@H]1CNCC[C@H]1O. The van der Waals surface area contributed by atoms with Gasteiger partial charge in [0.25, 0.3) is 0 Å². The Labute approximate surface area is 119 Å². The van der Waals surface area contributed by atoms with Gasteiger partial charge in [0.1, 0.15) is 0 Å². The highest BCUT2D eigenvalue weighted by Crippen LogP contribution is 2.03. The number of carbonyl (C=O) groups is 1. The smallest absolute Gasteiger partial charge is 0.315 e. The van der Waals surface area contributed by atoms with E-state index in [4.69, 9.17) is 0 Å². The number of hydrogen-bond donors (Lipinski definition) is 4.